The summed E-state index contributed by atoms with van der Waals surface area (Å²) in [6.45, 7) is 0. The van der Waals surface area contributed by atoms with Gasteiger partial charge in [0.15, 0.2) is 0 Å². The van der Waals surface area contributed by atoms with Crippen molar-refractivity contribution in [2.75, 3.05) is 0 Å². The summed E-state index contributed by atoms with van der Waals surface area (Å²) in [7, 11) is 0. The van der Waals surface area contributed by atoms with Crippen molar-refractivity contribution in [3.63, 3.8) is 0 Å². The molecule has 2 N–H and O–H groups in total. The van der Waals surface area contributed by atoms with Crippen molar-refractivity contribution in [2.24, 2.45) is 0 Å². The Morgan fingerprint density at radius 1 is 1.12 bits per heavy atom. The van der Waals surface area contributed by atoms with Crippen molar-refractivity contribution in [3.8, 4) is 17.2 Å². The third-order valence-corrected chi connectivity index (χ3v) is 4.23. The summed E-state index contributed by atoms with van der Waals surface area (Å²) < 4.78 is 5.49. The van der Waals surface area contributed by atoms with Gasteiger partial charge in [-0.3, -0.25) is 0 Å². The molecule has 8 heteroatoms. The molecule has 0 atom stereocenters. The molecule has 0 bridgehead atoms. The van der Waals surface area contributed by atoms with Crippen LogP contribution in [-0.2, 0) is 4.79 Å². The van der Waals surface area contributed by atoms with Gasteiger partial charge in [-0.1, -0.05) is 29.8 Å². The number of thioether (sulfide) groups is 1. The lowest BCUT2D eigenvalue weighted by Crippen LogP contribution is -1.96. The molecule has 0 unspecified atom stereocenters. The lowest BCUT2D eigenvalue weighted by molar-refractivity contribution is -0.131. The molecule has 1 aromatic heterocycles. The van der Waals surface area contributed by atoms with Gasteiger partial charge in [-0.05, 0) is 48.2 Å². The number of carboxylic acids is 1. The van der Waals surface area contributed by atoms with E-state index in [-0.39, 0.29) is 21.8 Å². The van der Waals surface area contributed by atoms with Gasteiger partial charge < -0.3 is 14.6 Å². The number of carboxylic acid groups (broad SMARTS) is 1. The van der Waals surface area contributed by atoms with Crippen LogP contribution in [0.3, 0.4) is 0 Å². The Bertz CT molecular complexity index is 938. The SMILES string of the molecule is O=C(O)/C(=C/c1ccccc1O)Sc1nnc(-c2ccc(Cl)cc2)o1. The van der Waals surface area contributed by atoms with Crippen LogP contribution >= 0.6 is 23.4 Å². The standard InChI is InChI=1S/C17H11ClN2O4S/c18-12-7-5-10(6-8-12)15-19-20-17(24-15)25-14(16(22)23)9-11-3-1-2-4-13(11)21/h1-9,21H,(H,22,23)/b14-9-. The molecule has 0 fully saturated rings. The molecule has 0 amide bonds. The molecule has 0 aliphatic carbocycles. The highest BCUT2D eigenvalue weighted by atomic mass is 35.5. The fourth-order valence-electron chi connectivity index (χ4n) is 1.94. The number of phenols is 1. The molecular formula is C17H11ClN2O4S. The number of rotatable bonds is 5. The topological polar surface area (TPSA) is 96.5 Å². The normalized spacial score (nSPS) is 11.5. The van der Waals surface area contributed by atoms with Gasteiger partial charge in [0.2, 0.25) is 5.89 Å². The van der Waals surface area contributed by atoms with Crippen LogP contribution in [0.15, 0.2) is 63.1 Å². The number of carbonyl (C=O) groups is 1. The van der Waals surface area contributed by atoms with Crippen molar-refractivity contribution in [2.45, 2.75) is 5.22 Å². The van der Waals surface area contributed by atoms with Crippen LogP contribution < -0.4 is 0 Å². The number of hydrogen-bond donors (Lipinski definition) is 2. The Morgan fingerprint density at radius 3 is 2.52 bits per heavy atom. The van der Waals surface area contributed by atoms with Crippen LogP contribution in [0.25, 0.3) is 17.5 Å². The van der Waals surface area contributed by atoms with Crippen LogP contribution in [-0.4, -0.2) is 26.4 Å². The van der Waals surface area contributed by atoms with E-state index >= 15 is 0 Å². The molecule has 1 heterocycles. The zero-order valence-electron chi connectivity index (χ0n) is 12.6. The summed E-state index contributed by atoms with van der Waals surface area (Å²) in [6, 6.07) is 13.2. The smallest absolute Gasteiger partial charge is 0.342 e. The molecule has 6 nitrogen and oxygen atoms in total. The predicted octanol–water partition coefficient (Wildman–Crippen LogP) is 4.31. The maximum atomic E-state index is 11.5. The Balaban J connectivity index is 1.85. The molecule has 126 valence electrons. The zero-order chi connectivity index (χ0) is 17.8. The van der Waals surface area contributed by atoms with Gasteiger partial charge in [-0.15, -0.1) is 10.2 Å². The van der Waals surface area contributed by atoms with E-state index in [1.807, 2.05) is 0 Å². The van der Waals surface area contributed by atoms with Gasteiger partial charge in [0, 0.05) is 16.1 Å². The summed E-state index contributed by atoms with van der Waals surface area (Å²) >= 11 is 6.64. The minimum absolute atomic E-state index is 0.0192. The van der Waals surface area contributed by atoms with E-state index in [4.69, 9.17) is 16.0 Å². The number of aliphatic carboxylic acids is 1. The first-order valence-electron chi connectivity index (χ1n) is 7.03. The van der Waals surface area contributed by atoms with Gasteiger partial charge in [0.1, 0.15) is 10.7 Å². The Kier molecular flexibility index (Phi) is 5.06. The molecule has 0 aliphatic heterocycles. The molecule has 0 spiro atoms. The van der Waals surface area contributed by atoms with Gasteiger partial charge >= 0.3 is 5.97 Å². The van der Waals surface area contributed by atoms with E-state index < -0.39 is 5.97 Å². The van der Waals surface area contributed by atoms with Crippen LogP contribution in [0, 0.1) is 0 Å². The summed E-state index contributed by atoms with van der Waals surface area (Å²) in [5.74, 6) is -0.930. The number of aromatic hydroxyl groups is 1. The lowest BCUT2D eigenvalue weighted by Gasteiger charge is -2.01. The number of aromatic nitrogens is 2. The minimum atomic E-state index is -1.17. The molecule has 3 rings (SSSR count). The predicted molar refractivity (Wildman–Crippen MR) is 94.3 cm³/mol. The van der Waals surface area contributed by atoms with Gasteiger partial charge in [-0.25, -0.2) is 4.79 Å². The fourth-order valence-corrected chi connectivity index (χ4v) is 2.73. The number of nitrogens with zero attached hydrogens (tertiary/aromatic N) is 2. The molecule has 25 heavy (non-hydrogen) atoms. The second-order valence-corrected chi connectivity index (χ2v) is 6.28. The van der Waals surface area contributed by atoms with Gasteiger partial charge in [-0.2, -0.15) is 0 Å². The van der Waals surface area contributed by atoms with E-state index in [0.717, 1.165) is 11.8 Å². The maximum Gasteiger partial charge on any atom is 0.342 e. The Hall–Kier alpha value is -2.77. The quantitative estimate of drug-likeness (QED) is 0.507. The van der Waals surface area contributed by atoms with Crippen LogP contribution in [0.4, 0.5) is 0 Å². The Morgan fingerprint density at radius 2 is 1.84 bits per heavy atom. The average molecular weight is 375 g/mol. The highest BCUT2D eigenvalue weighted by Crippen LogP contribution is 2.31. The second-order valence-electron chi connectivity index (χ2n) is 4.85. The summed E-state index contributed by atoms with van der Waals surface area (Å²) in [5, 5.41) is 27.5. The number of hydrogen-bond acceptors (Lipinski definition) is 6. The van der Waals surface area contributed by atoms with Gasteiger partial charge in [0.05, 0.1) is 0 Å². The second kappa shape index (κ2) is 7.42. The van der Waals surface area contributed by atoms with Crippen molar-refractivity contribution >= 4 is 35.4 Å². The van der Waals surface area contributed by atoms with E-state index in [9.17, 15) is 15.0 Å². The third kappa shape index (κ3) is 4.20. The van der Waals surface area contributed by atoms with E-state index in [0.29, 0.717) is 16.1 Å². The van der Waals surface area contributed by atoms with E-state index in [1.54, 1.807) is 42.5 Å². The molecule has 0 saturated carbocycles. The molecule has 0 aliphatic rings. The van der Waals surface area contributed by atoms with Crippen LogP contribution in [0.2, 0.25) is 5.02 Å². The van der Waals surface area contributed by atoms with Crippen molar-refractivity contribution in [3.05, 3.63) is 64.0 Å². The summed E-state index contributed by atoms with van der Waals surface area (Å²) in [4.78, 5) is 11.4. The fraction of sp³-hybridized carbons (Fsp3) is 0. The maximum absolute atomic E-state index is 11.5. The first kappa shape index (κ1) is 17.1. The largest absolute Gasteiger partial charge is 0.507 e. The zero-order valence-corrected chi connectivity index (χ0v) is 14.2. The van der Waals surface area contributed by atoms with E-state index in [2.05, 4.69) is 10.2 Å². The molecule has 0 radical (unpaired) electrons. The Labute approximate surface area is 151 Å². The number of halogens is 1. The summed E-state index contributed by atoms with van der Waals surface area (Å²) in [6.07, 6.45) is 1.34. The minimum Gasteiger partial charge on any atom is -0.507 e. The average Bonchev–Trinajstić information content (AvgIpc) is 3.05. The molecule has 0 saturated heterocycles. The number of phenolic OH excluding ortho intramolecular Hbond substituents is 1. The van der Waals surface area contributed by atoms with Crippen LogP contribution in [0.5, 0.6) is 5.75 Å². The molecule has 3 aromatic rings. The van der Waals surface area contributed by atoms with Crippen molar-refractivity contribution < 1.29 is 19.4 Å². The van der Waals surface area contributed by atoms with Crippen molar-refractivity contribution in [1.29, 1.82) is 0 Å². The summed E-state index contributed by atoms with van der Waals surface area (Å²) in [5.41, 5.74) is 1.05. The monoisotopic (exact) mass is 374 g/mol. The first-order valence-corrected chi connectivity index (χ1v) is 8.22. The molecule has 2 aromatic carbocycles. The van der Waals surface area contributed by atoms with E-state index in [1.165, 1.54) is 12.1 Å². The highest BCUT2D eigenvalue weighted by molar-refractivity contribution is 8.03. The van der Waals surface area contributed by atoms with Crippen molar-refractivity contribution in [1.82, 2.24) is 10.2 Å². The van der Waals surface area contributed by atoms with Gasteiger partial charge in [0.25, 0.3) is 5.22 Å². The first-order chi connectivity index (χ1) is 12.0. The van der Waals surface area contributed by atoms with Crippen LogP contribution in [0.1, 0.15) is 5.56 Å². The molecular weight excluding hydrogens is 364 g/mol. The number of benzene rings is 2. The lowest BCUT2D eigenvalue weighted by atomic mass is 10.2. The highest BCUT2D eigenvalue weighted by Gasteiger charge is 2.16. The number of para-hydroxylation sites is 1. The third-order valence-electron chi connectivity index (χ3n) is 3.13.